The third kappa shape index (κ3) is 8.60. The Morgan fingerprint density at radius 2 is 1.44 bits per heavy atom. The van der Waals surface area contributed by atoms with Gasteiger partial charge in [0.15, 0.2) is 17.6 Å². The van der Waals surface area contributed by atoms with Crippen LogP contribution in [0.1, 0.15) is 53.9 Å². The van der Waals surface area contributed by atoms with Gasteiger partial charge in [0.2, 0.25) is 0 Å². The second-order valence-electron chi connectivity index (χ2n) is 11.0. The molecule has 3 amide bonds. The van der Waals surface area contributed by atoms with Crippen LogP contribution < -0.4 is 25.4 Å². The van der Waals surface area contributed by atoms with Crippen molar-refractivity contribution in [2.75, 3.05) is 17.7 Å². The number of anilines is 2. The number of phenolic OH excluding ortho intramolecular Hbond substituents is 1. The standard InChI is InChI=1S/C33H31ClF3N3O5/c1-32(2,3)40-30(42)24-17-21(38-31(43)39-22-14-16-28(44-4)26(41)18-22)13-15-27(24)45-29(23-7-5-6-8-25(23)34)19-9-11-20(12-10-19)33(35,36)37/h5-18,29,41H,1-4H3,(H,40,42)(H2,38,39,43). The van der Waals surface area contributed by atoms with Crippen LogP contribution in [0.15, 0.2) is 84.9 Å². The number of ether oxygens (including phenoxy) is 2. The van der Waals surface area contributed by atoms with Crippen LogP contribution in [0.4, 0.5) is 29.3 Å². The van der Waals surface area contributed by atoms with Gasteiger partial charge in [-0.15, -0.1) is 0 Å². The number of carbonyl (C=O) groups excluding carboxylic acids is 2. The van der Waals surface area contributed by atoms with Crippen LogP contribution in [-0.2, 0) is 6.18 Å². The van der Waals surface area contributed by atoms with Crippen molar-refractivity contribution in [3.8, 4) is 17.2 Å². The molecule has 4 aromatic rings. The second-order valence-corrected chi connectivity index (χ2v) is 11.4. The van der Waals surface area contributed by atoms with E-state index in [0.29, 0.717) is 16.1 Å². The molecule has 1 unspecified atom stereocenters. The Morgan fingerprint density at radius 3 is 2.00 bits per heavy atom. The number of hydrogen-bond donors (Lipinski definition) is 4. The van der Waals surface area contributed by atoms with E-state index in [1.165, 1.54) is 55.6 Å². The summed E-state index contributed by atoms with van der Waals surface area (Å²) in [5, 5.41) is 18.4. The molecule has 0 fully saturated rings. The van der Waals surface area contributed by atoms with Crippen LogP contribution in [0.5, 0.6) is 17.2 Å². The molecule has 0 radical (unpaired) electrons. The Balaban J connectivity index is 1.69. The summed E-state index contributed by atoms with van der Waals surface area (Å²) >= 11 is 6.49. The number of benzene rings is 4. The van der Waals surface area contributed by atoms with E-state index in [1.54, 1.807) is 45.0 Å². The largest absolute Gasteiger partial charge is 0.504 e. The fourth-order valence-corrected chi connectivity index (χ4v) is 4.56. The van der Waals surface area contributed by atoms with Crippen LogP contribution in [0.3, 0.4) is 0 Å². The van der Waals surface area contributed by atoms with Gasteiger partial charge in [-0.1, -0.05) is 41.9 Å². The van der Waals surface area contributed by atoms with E-state index in [2.05, 4.69) is 16.0 Å². The minimum absolute atomic E-state index is 0.0498. The number of hydrogen-bond acceptors (Lipinski definition) is 5. The summed E-state index contributed by atoms with van der Waals surface area (Å²) in [5.41, 5.74) is -0.0630. The summed E-state index contributed by atoms with van der Waals surface area (Å²) in [6.45, 7) is 5.37. The van der Waals surface area contributed by atoms with E-state index >= 15 is 0 Å². The van der Waals surface area contributed by atoms with Crippen LogP contribution in [-0.4, -0.2) is 29.7 Å². The lowest BCUT2D eigenvalue weighted by Crippen LogP contribution is -2.40. The molecule has 0 aliphatic carbocycles. The highest BCUT2D eigenvalue weighted by atomic mass is 35.5. The Kier molecular flexibility index (Phi) is 9.82. The van der Waals surface area contributed by atoms with Gasteiger partial charge in [0.1, 0.15) is 5.75 Å². The first-order chi connectivity index (χ1) is 21.1. The topological polar surface area (TPSA) is 109 Å². The molecule has 0 aromatic heterocycles. The van der Waals surface area contributed by atoms with Crippen molar-refractivity contribution in [1.82, 2.24) is 5.32 Å². The fraction of sp³-hybridized carbons (Fsp3) is 0.212. The number of carbonyl (C=O) groups is 2. The maximum Gasteiger partial charge on any atom is 0.416 e. The maximum absolute atomic E-state index is 13.5. The molecule has 0 aliphatic heterocycles. The monoisotopic (exact) mass is 641 g/mol. The number of alkyl halides is 3. The van der Waals surface area contributed by atoms with E-state index in [-0.39, 0.29) is 34.2 Å². The smallest absolute Gasteiger partial charge is 0.416 e. The predicted molar refractivity (Wildman–Crippen MR) is 166 cm³/mol. The molecule has 1 atom stereocenters. The normalized spacial score (nSPS) is 12.2. The molecular weight excluding hydrogens is 611 g/mol. The molecule has 4 N–H and O–H groups in total. The number of nitrogens with one attached hydrogen (secondary N) is 3. The Morgan fingerprint density at radius 1 is 0.844 bits per heavy atom. The first kappa shape index (κ1) is 33.0. The van der Waals surface area contributed by atoms with Crippen molar-refractivity contribution in [3.05, 3.63) is 112 Å². The quantitative estimate of drug-likeness (QED) is 0.154. The number of rotatable bonds is 8. The zero-order chi connectivity index (χ0) is 32.9. The number of aromatic hydroxyl groups is 1. The molecule has 0 heterocycles. The average molecular weight is 642 g/mol. The molecule has 12 heteroatoms. The maximum atomic E-state index is 13.5. The Labute approximate surface area is 263 Å². The summed E-state index contributed by atoms with van der Waals surface area (Å²) in [6.07, 6.45) is -5.52. The first-order valence-corrected chi connectivity index (χ1v) is 14.0. The van der Waals surface area contributed by atoms with Crippen molar-refractivity contribution in [1.29, 1.82) is 0 Å². The summed E-state index contributed by atoms with van der Waals surface area (Å²) in [5.74, 6) is -0.365. The number of urea groups is 1. The molecule has 8 nitrogen and oxygen atoms in total. The molecule has 236 valence electrons. The summed E-state index contributed by atoms with van der Waals surface area (Å²) in [6, 6.07) is 19.3. The van der Waals surface area contributed by atoms with Gasteiger partial charge in [0, 0.05) is 33.6 Å². The van der Waals surface area contributed by atoms with Gasteiger partial charge in [-0.25, -0.2) is 4.79 Å². The van der Waals surface area contributed by atoms with Gasteiger partial charge in [-0.3, -0.25) is 4.79 Å². The van der Waals surface area contributed by atoms with Crippen LogP contribution >= 0.6 is 11.6 Å². The predicted octanol–water partition coefficient (Wildman–Crippen LogP) is 8.41. The highest BCUT2D eigenvalue weighted by Gasteiger charge is 2.31. The highest BCUT2D eigenvalue weighted by molar-refractivity contribution is 6.31. The second kappa shape index (κ2) is 13.4. The Hall–Kier alpha value is -4.90. The molecule has 0 saturated carbocycles. The number of phenols is 1. The number of amides is 3. The lowest BCUT2D eigenvalue weighted by atomic mass is 9.99. The van der Waals surface area contributed by atoms with Gasteiger partial charge in [-0.2, -0.15) is 13.2 Å². The molecule has 4 aromatic carbocycles. The lowest BCUT2D eigenvalue weighted by molar-refractivity contribution is -0.137. The summed E-state index contributed by atoms with van der Waals surface area (Å²) < 4.78 is 51.2. The van der Waals surface area contributed by atoms with Gasteiger partial charge in [0.05, 0.1) is 18.2 Å². The van der Waals surface area contributed by atoms with Crippen molar-refractivity contribution in [3.63, 3.8) is 0 Å². The zero-order valence-corrected chi connectivity index (χ0v) is 25.5. The van der Waals surface area contributed by atoms with Crippen molar-refractivity contribution < 1.29 is 37.3 Å². The van der Waals surface area contributed by atoms with Crippen molar-refractivity contribution >= 4 is 34.9 Å². The molecule has 0 bridgehead atoms. The van der Waals surface area contributed by atoms with Crippen LogP contribution in [0.25, 0.3) is 0 Å². The molecule has 0 saturated heterocycles. The minimum atomic E-state index is -4.53. The van der Waals surface area contributed by atoms with Crippen molar-refractivity contribution in [2.24, 2.45) is 0 Å². The molecule has 4 rings (SSSR count). The number of methoxy groups -OCH3 is 1. The highest BCUT2D eigenvalue weighted by Crippen LogP contribution is 2.37. The van der Waals surface area contributed by atoms with E-state index < -0.39 is 35.3 Å². The van der Waals surface area contributed by atoms with Gasteiger partial charge < -0.3 is 30.5 Å². The fourth-order valence-electron chi connectivity index (χ4n) is 4.33. The first-order valence-electron chi connectivity index (χ1n) is 13.6. The average Bonchev–Trinajstić information content (AvgIpc) is 2.96. The van der Waals surface area contributed by atoms with E-state index in [9.17, 15) is 27.9 Å². The molecular formula is C33H31ClF3N3O5. The lowest BCUT2D eigenvalue weighted by Gasteiger charge is -2.25. The zero-order valence-electron chi connectivity index (χ0n) is 24.8. The van der Waals surface area contributed by atoms with Gasteiger partial charge >= 0.3 is 12.2 Å². The summed E-state index contributed by atoms with van der Waals surface area (Å²) in [4.78, 5) is 26.2. The molecule has 0 spiro atoms. The van der Waals surface area contributed by atoms with Crippen molar-refractivity contribution in [2.45, 2.75) is 38.6 Å². The third-order valence-electron chi connectivity index (χ3n) is 6.38. The van der Waals surface area contributed by atoms with Crippen LogP contribution in [0, 0.1) is 0 Å². The SMILES string of the molecule is COc1ccc(NC(=O)Nc2ccc(OC(c3ccc(C(F)(F)F)cc3)c3ccccc3Cl)c(C(=O)NC(C)(C)C)c2)cc1O. The van der Waals surface area contributed by atoms with Gasteiger partial charge in [0.25, 0.3) is 5.91 Å². The van der Waals surface area contributed by atoms with Crippen LogP contribution in [0.2, 0.25) is 5.02 Å². The van der Waals surface area contributed by atoms with E-state index in [4.69, 9.17) is 21.1 Å². The molecule has 45 heavy (non-hydrogen) atoms. The summed E-state index contributed by atoms with van der Waals surface area (Å²) in [7, 11) is 1.40. The molecule has 0 aliphatic rings. The Bertz CT molecular complexity index is 1690. The van der Waals surface area contributed by atoms with E-state index in [1.807, 2.05) is 0 Å². The van der Waals surface area contributed by atoms with Gasteiger partial charge in [-0.05, 0) is 74.9 Å². The number of halogens is 4. The third-order valence-corrected chi connectivity index (χ3v) is 6.72. The van der Waals surface area contributed by atoms with E-state index in [0.717, 1.165) is 12.1 Å². The minimum Gasteiger partial charge on any atom is -0.504 e.